The van der Waals surface area contributed by atoms with Crippen LogP contribution in [-0.2, 0) is 17.9 Å². The second-order valence-corrected chi connectivity index (χ2v) is 8.26. The van der Waals surface area contributed by atoms with Gasteiger partial charge in [-0.2, -0.15) is 4.98 Å². The number of carbonyl (C=O) groups is 1. The number of hydrogen-bond donors (Lipinski definition) is 0. The number of carbonyl (C=O) groups excluding carboxylic acids is 1. The molecule has 0 radical (unpaired) electrons. The number of nitrogens with zero attached hydrogens (tertiary/aromatic N) is 5. The van der Waals surface area contributed by atoms with Gasteiger partial charge in [0.1, 0.15) is 5.75 Å². The minimum absolute atomic E-state index is 0.0105. The minimum atomic E-state index is -0.0105. The summed E-state index contributed by atoms with van der Waals surface area (Å²) in [6.45, 7) is 5.65. The first-order valence-electron chi connectivity index (χ1n) is 10.2. The van der Waals surface area contributed by atoms with Gasteiger partial charge in [0.15, 0.2) is 0 Å². The van der Waals surface area contributed by atoms with E-state index in [0.717, 1.165) is 30.1 Å². The van der Waals surface area contributed by atoms with Gasteiger partial charge < -0.3 is 18.7 Å². The topological polar surface area (TPSA) is 93.7 Å². The van der Waals surface area contributed by atoms with E-state index in [2.05, 4.69) is 15.0 Å². The van der Waals surface area contributed by atoms with Crippen LogP contribution in [0.1, 0.15) is 18.0 Å². The first-order valence-corrected chi connectivity index (χ1v) is 11.0. The van der Waals surface area contributed by atoms with Gasteiger partial charge >= 0.3 is 4.87 Å². The summed E-state index contributed by atoms with van der Waals surface area (Å²) in [4.78, 5) is 32.9. The van der Waals surface area contributed by atoms with Crippen molar-refractivity contribution in [1.29, 1.82) is 0 Å². The summed E-state index contributed by atoms with van der Waals surface area (Å²) in [6.07, 6.45) is 0.340. The zero-order chi connectivity index (χ0) is 21.8. The number of aromatic nitrogens is 3. The molecule has 0 bridgehead atoms. The molecular formula is C21H25N5O4S. The van der Waals surface area contributed by atoms with Crippen LogP contribution in [0.5, 0.6) is 5.75 Å². The number of ether oxygens (including phenoxy) is 1. The van der Waals surface area contributed by atoms with E-state index in [1.54, 1.807) is 11.7 Å². The fourth-order valence-electron chi connectivity index (χ4n) is 3.56. The lowest BCUT2D eigenvalue weighted by molar-refractivity contribution is -0.133. The van der Waals surface area contributed by atoms with Crippen LogP contribution < -0.4 is 9.61 Å². The average Bonchev–Trinajstić information content (AvgIpc) is 3.39. The van der Waals surface area contributed by atoms with Crippen LogP contribution in [0.4, 0.5) is 0 Å². The molecule has 1 saturated heterocycles. The Hall–Kier alpha value is -2.98. The molecule has 3 heterocycles. The lowest BCUT2D eigenvalue weighted by Gasteiger charge is -2.34. The van der Waals surface area contributed by atoms with E-state index in [9.17, 15) is 9.59 Å². The molecule has 0 atom stereocenters. The summed E-state index contributed by atoms with van der Waals surface area (Å²) >= 11 is 1.17. The van der Waals surface area contributed by atoms with Crippen molar-refractivity contribution in [3.05, 3.63) is 50.9 Å². The van der Waals surface area contributed by atoms with Crippen LogP contribution in [0, 0.1) is 6.92 Å². The average molecular weight is 444 g/mol. The van der Waals surface area contributed by atoms with E-state index < -0.39 is 0 Å². The number of hydrogen-bond acceptors (Lipinski definition) is 8. The molecule has 3 aromatic rings. The van der Waals surface area contributed by atoms with Crippen molar-refractivity contribution in [3.8, 4) is 17.1 Å². The molecule has 2 aromatic heterocycles. The van der Waals surface area contributed by atoms with Gasteiger partial charge in [-0.3, -0.25) is 14.5 Å². The monoisotopic (exact) mass is 443 g/mol. The smallest absolute Gasteiger partial charge is 0.307 e. The Kier molecular flexibility index (Phi) is 6.47. The third-order valence-electron chi connectivity index (χ3n) is 5.43. The summed E-state index contributed by atoms with van der Waals surface area (Å²) in [7, 11) is 1.63. The molecule has 31 heavy (non-hydrogen) atoms. The summed E-state index contributed by atoms with van der Waals surface area (Å²) in [5.41, 5.74) is 1.77. The van der Waals surface area contributed by atoms with Gasteiger partial charge in [-0.15, -0.1) is 0 Å². The molecule has 4 rings (SSSR count). The third-order valence-corrected chi connectivity index (χ3v) is 6.31. The molecule has 0 aliphatic carbocycles. The number of benzene rings is 1. The Bertz CT molecular complexity index is 1080. The fraction of sp³-hybridized carbons (Fsp3) is 0.429. The van der Waals surface area contributed by atoms with Crippen molar-refractivity contribution in [3.63, 3.8) is 0 Å². The van der Waals surface area contributed by atoms with Crippen molar-refractivity contribution in [2.75, 3.05) is 33.3 Å². The van der Waals surface area contributed by atoms with Crippen molar-refractivity contribution in [1.82, 2.24) is 24.5 Å². The van der Waals surface area contributed by atoms with Crippen molar-refractivity contribution in [2.24, 2.45) is 0 Å². The van der Waals surface area contributed by atoms with E-state index in [1.807, 2.05) is 41.5 Å². The second-order valence-electron chi connectivity index (χ2n) is 7.44. The predicted molar refractivity (Wildman–Crippen MR) is 116 cm³/mol. The van der Waals surface area contributed by atoms with Gasteiger partial charge in [-0.1, -0.05) is 16.5 Å². The van der Waals surface area contributed by atoms with Crippen molar-refractivity contribution < 1.29 is 14.1 Å². The number of methoxy groups -OCH3 is 1. The number of rotatable bonds is 7. The number of thiazole rings is 1. The molecule has 1 aromatic carbocycles. The maximum atomic E-state index is 12.5. The highest BCUT2D eigenvalue weighted by molar-refractivity contribution is 7.07. The molecule has 0 N–H and O–H groups in total. The maximum absolute atomic E-state index is 12.5. The van der Waals surface area contributed by atoms with E-state index in [1.165, 1.54) is 11.3 Å². The van der Waals surface area contributed by atoms with E-state index in [-0.39, 0.29) is 10.8 Å². The molecule has 0 saturated carbocycles. The van der Waals surface area contributed by atoms with E-state index >= 15 is 0 Å². The Morgan fingerprint density at radius 3 is 2.58 bits per heavy atom. The summed E-state index contributed by atoms with van der Waals surface area (Å²) in [5, 5.41) is 5.89. The molecule has 9 nitrogen and oxygen atoms in total. The first kappa shape index (κ1) is 21.3. The summed E-state index contributed by atoms with van der Waals surface area (Å²) in [5.74, 6) is 1.96. The van der Waals surface area contributed by atoms with Crippen LogP contribution in [0.25, 0.3) is 11.4 Å². The van der Waals surface area contributed by atoms with Crippen molar-refractivity contribution >= 4 is 17.2 Å². The van der Waals surface area contributed by atoms with Gasteiger partial charge in [0.05, 0.1) is 13.7 Å². The summed E-state index contributed by atoms with van der Waals surface area (Å²) in [6, 6.07) is 7.50. The van der Waals surface area contributed by atoms with Gasteiger partial charge in [0, 0.05) is 55.8 Å². The molecule has 1 amide bonds. The van der Waals surface area contributed by atoms with Crippen LogP contribution in [0.2, 0.25) is 0 Å². The molecule has 0 unspecified atom stereocenters. The SMILES string of the molecule is COc1ccc(-c2noc(CN3CCN(C(=O)CCn4c(C)csc4=O)CC3)n2)cc1. The second kappa shape index (κ2) is 9.44. The predicted octanol–water partition coefficient (Wildman–Crippen LogP) is 2.01. The normalized spacial score (nSPS) is 14.7. The van der Waals surface area contributed by atoms with Crippen LogP contribution in [-0.4, -0.2) is 63.7 Å². The Morgan fingerprint density at radius 2 is 1.94 bits per heavy atom. The van der Waals surface area contributed by atoms with Crippen LogP contribution in [0.3, 0.4) is 0 Å². The molecule has 164 valence electrons. The van der Waals surface area contributed by atoms with Gasteiger partial charge in [0.25, 0.3) is 0 Å². The van der Waals surface area contributed by atoms with Gasteiger partial charge in [-0.25, -0.2) is 0 Å². The highest BCUT2D eigenvalue weighted by Crippen LogP contribution is 2.20. The first-order chi connectivity index (χ1) is 15.0. The Balaban J connectivity index is 1.26. The quantitative estimate of drug-likeness (QED) is 0.551. The molecular weight excluding hydrogens is 418 g/mol. The van der Waals surface area contributed by atoms with Crippen LogP contribution >= 0.6 is 11.3 Å². The minimum Gasteiger partial charge on any atom is -0.497 e. The lowest BCUT2D eigenvalue weighted by Crippen LogP contribution is -2.48. The molecule has 1 aliphatic heterocycles. The number of amides is 1. The van der Waals surface area contributed by atoms with E-state index in [0.29, 0.717) is 44.3 Å². The Morgan fingerprint density at radius 1 is 1.19 bits per heavy atom. The molecule has 1 fully saturated rings. The highest BCUT2D eigenvalue weighted by atomic mass is 32.1. The van der Waals surface area contributed by atoms with Gasteiger partial charge in [0.2, 0.25) is 17.6 Å². The van der Waals surface area contributed by atoms with Crippen LogP contribution in [0.15, 0.2) is 39.0 Å². The van der Waals surface area contributed by atoms with E-state index in [4.69, 9.17) is 9.26 Å². The molecule has 10 heteroatoms. The lowest BCUT2D eigenvalue weighted by atomic mass is 10.2. The van der Waals surface area contributed by atoms with Gasteiger partial charge in [-0.05, 0) is 31.2 Å². The highest BCUT2D eigenvalue weighted by Gasteiger charge is 2.23. The fourth-order valence-corrected chi connectivity index (χ4v) is 4.32. The van der Waals surface area contributed by atoms with Crippen molar-refractivity contribution in [2.45, 2.75) is 26.4 Å². The zero-order valence-corrected chi connectivity index (χ0v) is 18.4. The zero-order valence-electron chi connectivity index (χ0n) is 17.6. The largest absolute Gasteiger partial charge is 0.497 e. The molecule has 0 spiro atoms. The third kappa shape index (κ3) is 5.02. The molecule has 1 aliphatic rings. The maximum Gasteiger partial charge on any atom is 0.307 e. The standard InChI is InChI=1S/C21H25N5O4S/c1-15-14-31-21(28)26(15)8-7-19(27)25-11-9-24(10-12-25)13-18-22-20(23-30-18)16-3-5-17(29-2)6-4-16/h3-6,14H,7-13H2,1-2H3. The summed E-state index contributed by atoms with van der Waals surface area (Å²) < 4.78 is 12.2. The number of aryl methyl sites for hydroxylation is 1. The number of piperazine rings is 1. The Labute approximate surface area is 183 Å².